The molecule has 0 aromatic heterocycles. The molecule has 0 saturated heterocycles. The Morgan fingerprint density at radius 2 is 1.92 bits per heavy atom. The first-order chi connectivity index (χ1) is 11.5. The fraction of sp³-hybridized carbons (Fsp3) is 0.389. The molecule has 0 aliphatic carbocycles. The standard InChI is InChI=1S/C18H21N3O3/c1-14(2)13-24-16-6-4-15(12-17(16)23-3)5-7-18(22)21(10-8-19)11-9-20/h4-7,12,14H,10-11,13H2,1-3H3. The topological polar surface area (TPSA) is 86.4 Å². The third-order valence-electron chi connectivity index (χ3n) is 3.01. The number of nitrogens with zero attached hydrogens (tertiary/aromatic N) is 3. The summed E-state index contributed by atoms with van der Waals surface area (Å²) in [6.45, 7) is 4.46. The van der Waals surface area contributed by atoms with E-state index < -0.39 is 5.91 Å². The summed E-state index contributed by atoms with van der Waals surface area (Å²) in [4.78, 5) is 13.1. The summed E-state index contributed by atoms with van der Waals surface area (Å²) in [6.07, 6.45) is 2.94. The van der Waals surface area contributed by atoms with Gasteiger partial charge in [0.25, 0.3) is 0 Å². The molecule has 0 spiro atoms. The molecule has 1 aromatic carbocycles. The predicted octanol–water partition coefficient (Wildman–Crippen LogP) is 2.62. The second-order valence-electron chi connectivity index (χ2n) is 5.46. The highest BCUT2D eigenvalue weighted by molar-refractivity contribution is 5.92. The molecule has 6 heteroatoms. The lowest BCUT2D eigenvalue weighted by atomic mass is 10.1. The number of methoxy groups -OCH3 is 1. The van der Waals surface area contributed by atoms with Gasteiger partial charge in [-0.25, -0.2) is 0 Å². The van der Waals surface area contributed by atoms with Crippen LogP contribution in [-0.2, 0) is 4.79 Å². The molecule has 0 N–H and O–H groups in total. The average molecular weight is 327 g/mol. The van der Waals surface area contributed by atoms with Gasteiger partial charge in [0.2, 0.25) is 5.91 Å². The van der Waals surface area contributed by atoms with Crippen LogP contribution in [0.4, 0.5) is 0 Å². The maximum Gasteiger partial charge on any atom is 0.248 e. The van der Waals surface area contributed by atoms with Crippen LogP contribution in [0.3, 0.4) is 0 Å². The van der Waals surface area contributed by atoms with Crippen LogP contribution < -0.4 is 9.47 Å². The SMILES string of the molecule is COc1cc(C=CC(=O)N(CC#N)CC#N)ccc1OCC(C)C. The molecule has 126 valence electrons. The molecule has 0 heterocycles. The van der Waals surface area contributed by atoms with Crippen LogP contribution in [-0.4, -0.2) is 37.6 Å². The lowest BCUT2D eigenvalue weighted by Gasteiger charge is -2.13. The van der Waals surface area contributed by atoms with Crippen LogP contribution in [0.5, 0.6) is 11.5 Å². The van der Waals surface area contributed by atoms with Gasteiger partial charge in [-0.1, -0.05) is 19.9 Å². The van der Waals surface area contributed by atoms with Gasteiger partial charge in [-0.05, 0) is 29.7 Å². The molecule has 0 atom stereocenters. The van der Waals surface area contributed by atoms with Crippen molar-refractivity contribution in [3.63, 3.8) is 0 Å². The molecule has 0 radical (unpaired) electrons. The van der Waals surface area contributed by atoms with Crippen LogP contribution in [0.1, 0.15) is 19.4 Å². The third-order valence-corrected chi connectivity index (χ3v) is 3.01. The molecule has 0 aliphatic rings. The first-order valence-corrected chi connectivity index (χ1v) is 7.53. The summed E-state index contributed by atoms with van der Waals surface area (Å²) < 4.78 is 11.0. The number of carbonyl (C=O) groups is 1. The number of rotatable bonds is 8. The van der Waals surface area contributed by atoms with Crippen molar-refractivity contribution < 1.29 is 14.3 Å². The maximum atomic E-state index is 12.0. The van der Waals surface area contributed by atoms with Gasteiger partial charge in [0.15, 0.2) is 11.5 Å². The van der Waals surface area contributed by atoms with Crippen molar-refractivity contribution in [3.05, 3.63) is 29.8 Å². The number of hydrogen-bond donors (Lipinski definition) is 0. The van der Waals surface area contributed by atoms with E-state index in [1.807, 2.05) is 12.1 Å². The van der Waals surface area contributed by atoms with E-state index in [4.69, 9.17) is 20.0 Å². The van der Waals surface area contributed by atoms with Crippen LogP contribution in [0.15, 0.2) is 24.3 Å². The zero-order valence-corrected chi connectivity index (χ0v) is 14.2. The monoisotopic (exact) mass is 327 g/mol. The fourth-order valence-corrected chi connectivity index (χ4v) is 1.82. The Kier molecular flexibility index (Phi) is 7.87. The Balaban J connectivity index is 2.85. The van der Waals surface area contributed by atoms with E-state index in [1.165, 1.54) is 6.08 Å². The highest BCUT2D eigenvalue weighted by Crippen LogP contribution is 2.29. The molecular formula is C18H21N3O3. The fourth-order valence-electron chi connectivity index (χ4n) is 1.82. The van der Waals surface area contributed by atoms with Gasteiger partial charge in [-0.3, -0.25) is 4.79 Å². The molecule has 1 amide bonds. The van der Waals surface area contributed by atoms with Gasteiger partial charge in [0.1, 0.15) is 13.1 Å². The summed E-state index contributed by atoms with van der Waals surface area (Å²) in [5, 5.41) is 17.4. The van der Waals surface area contributed by atoms with Gasteiger partial charge in [0, 0.05) is 6.08 Å². The smallest absolute Gasteiger partial charge is 0.248 e. The molecule has 0 aliphatic heterocycles. The predicted molar refractivity (Wildman–Crippen MR) is 90.2 cm³/mol. The first kappa shape index (κ1) is 19.1. The molecule has 0 saturated carbocycles. The van der Waals surface area contributed by atoms with Crippen molar-refractivity contribution >= 4 is 12.0 Å². The minimum atomic E-state index is -0.391. The minimum Gasteiger partial charge on any atom is -0.493 e. The Morgan fingerprint density at radius 1 is 1.25 bits per heavy atom. The van der Waals surface area contributed by atoms with Crippen molar-refractivity contribution in [2.45, 2.75) is 13.8 Å². The first-order valence-electron chi connectivity index (χ1n) is 7.53. The van der Waals surface area contributed by atoms with Gasteiger partial charge >= 0.3 is 0 Å². The van der Waals surface area contributed by atoms with Gasteiger partial charge < -0.3 is 14.4 Å². The van der Waals surface area contributed by atoms with E-state index in [0.717, 1.165) is 10.5 Å². The molecular weight excluding hydrogens is 306 g/mol. The van der Waals surface area contributed by atoms with Crippen LogP contribution >= 0.6 is 0 Å². The molecule has 24 heavy (non-hydrogen) atoms. The summed E-state index contributed by atoms with van der Waals surface area (Å²) >= 11 is 0. The second-order valence-corrected chi connectivity index (χ2v) is 5.46. The Hall–Kier alpha value is -2.99. The highest BCUT2D eigenvalue weighted by Gasteiger charge is 2.10. The van der Waals surface area contributed by atoms with Gasteiger partial charge in [0.05, 0.1) is 25.9 Å². The quantitative estimate of drug-likeness (QED) is 0.541. The summed E-state index contributed by atoms with van der Waals surface area (Å²) in [5.41, 5.74) is 0.756. The van der Waals surface area contributed by atoms with Crippen LogP contribution in [0.25, 0.3) is 6.08 Å². The molecule has 0 unspecified atom stereocenters. The molecule has 6 nitrogen and oxygen atoms in total. The highest BCUT2D eigenvalue weighted by atomic mass is 16.5. The Morgan fingerprint density at radius 3 is 2.46 bits per heavy atom. The number of ether oxygens (including phenoxy) is 2. The summed E-state index contributed by atoms with van der Waals surface area (Å²) in [5.74, 6) is 1.23. The molecule has 0 bridgehead atoms. The zero-order valence-electron chi connectivity index (χ0n) is 14.2. The average Bonchev–Trinajstić information content (AvgIpc) is 2.57. The number of carbonyl (C=O) groups excluding carboxylic acids is 1. The minimum absolute atomic E-state index is 0.123. The van der Waals surface area contributed by atoms with Crippen molar-refractivity contribution in [2.75, 3.05) is 26.8 Å². The lowest BCUT2D eigenvalue weighted by molar-refractivity contribution is -0.124. The van der Waals surface area contributed by atoms with E-state index >= 15 is 0 Å². The normalized spacial score (nSPS) is 10.2. The lowest BCUT2D eigenvalue weighted by Crippen LogP contribution is -2.30. The number of hydrogen-bond acceptors (Lipinski definition) is 5. The van der Waals surface area contributed by atoms with E-state index in [1.54, 1.807) is 31.4 Å². The van der Waals surface area contributed by atoms with Crippen LogP contribution in [0.2, 0.25) is 0 Å². The van der Waals surface area contributed by atoms with E-state index in [0.29, 0.717) is 24.0 Å². The van der Waals surface area contributed by atoms with E-state index in [9.17, 15) is 4.79 Å². The number of nitriles is 2. The van der Waals surface area contributed by atoms with E-state index in [2.05, 4.69) is 13.8 Å². The third kappa shape index (κ3) is 6.02. The van der Waals surface area contributed by atoms with Crippen molar-refractivity contribution in [1.29, 1.82) is 10.5 Å². The van der Waals surface area contributed by atoms with Crippen molar-refractivity contribution in [2.24, 2.45) is 5.92 Å². The summed E-state index contributed by atoms with van der Waals surface area (Å²) in [6, 6.07) is 9.08. The number of benzene rings is 1. The van der Waals surface area contributed by atoms with Gasteiger partial charge in [-0.2, -0.15) is 10.5 Å². The molecule has 0 fully saturated rings. The van der Waals surface area contributed by atoms with Crippen molar-refractivity contribution in [3.8, 4) is 23.6 Å². The Bertz CT molecular complexity index is 653. The van der Waals surface area contributed by atoms with Crippen LogP contribution in [0, 0.1) is 28.6 Å². The second kappa shape index (κ2) is 9.91. The molecule has 1 aromatic rings. The largest absolute Gasteiger partial charge is 0.493 e. The zero-order chi connectivity index (χ0) is 17.9. The summed E-state index contributed by atoms with van der Waals surface area (Å²) in [7, 11) is 1.55. The Labute approximate surface area is 142 Å². The molecule has 1 rings (SSSR count). The van der Waals surface area contributed by atoms with E-state index in [-0.39, 0.29) is 13.1 Å². The number of amides is 1. The maximum absolute atomic E-state index is 12.0. The van der Waals surface area contributed by atoms with Crippen molar-refractivity contribution in [1.82, 2.24) is 4.90 Å². The van der Waals surface area contributed by atoms with Gasteiger partial charge in [-0.15, -0.1) is 0 Å².